The number of rotatable bonds is 0. The van der Waals surface area contributed by atoms with Gasteiger partial charge >= 0.3 is 0 Å². The molecule has 0 aliphatic heterocycles. The van der Waals surface area contributed by atoms with Crippen molar-refractivity contribution in [2.24, 2.45) is 56.2 Å². The second-order valence-corrected chi connectivity index (χ2v) is 15.5. The molecular formula is C30H52O. The Morgan fingerprint density at radius 1 is 0.581 bits per heavy atom. The van der Waals surface area contributed by atoms with Gasteiger partial charge in [0.05, 0.1) is 6.10 Å². The van der Waals surface area contributed by atoms with Crippen LogP contribution in [0.5, 0.6) is 0 Å². The van der Waals surface area contributed by atoms with Crippen molar-refractivity contribution in [3.05, 3.63) is 0 Å². The summed E-state index contributed by atoms with van der Waals surface area (Å²) >= 11 is 0. The predicted molar refractivity (Wildman–Crippen MR) is 131 cm³/mol. The standard InChI is InChI=1S/C30H52O/c1-20-21(31)9-10-22-27(20,5)12-11-23-28(22,6)16-18-30(8)24-19-25(2,3)13-14-26(24,4)15-17-29(23,30)7/h20-24,31H,9-19H2,1-8H3/t20-,21+,22+,23-,24-,26+,27+,28-,29+,30-/m0/s1. The van der Waals surface area contributed by atoms with Crippen molar-refractivity contribution in [1.82, 2.24) is 0 Å². The van der Waals surface area contributed by atoms with Gasteiger partial charge in [-0.2, -0.15) is 0 Å². The highest BCUT2D eigenvalue weighted by Gasteiger charge is 2.70. The zero-order chi connectivity index (χ0) is 22.7. The van der Waals surface area contributed by atoms with Crippen molar-refractivity contribution in [1.29, 1.82) is 0 Å². The van der Waals surface area contributed by atoms with Crippen LogP contribution in [-0.4, -0.2) is 11.2 Å². The molecule has 1 N–H and O–H groups in total. The molecule has 5 rings (SSSR count). The van der Waals surface area contributed by atoms with Gasteiger partial charge in [-0.1, -0.05) is 55.4 Å². The second-order valence-electron chi connectivity index (χ2n) is 15.5. The molecule has 5 aliphatic rings. The molecule has 0 heterocycles. The molecule has 1 nitrogen and oxygen atoms in total. The summed E-state index contributed by atoms with van der Waals surface area (Å²) in [6.45, 7) is 20.9. The molecule has 0 aromatic carbocycles. The molecule has 31 heavy (non-hydrogen) atoms. The van der Waals surface area contributed by atoms with E-state index in [4.69, 9.17) is 0 Å². The van der Waals surface area contributed by atoms with Gasteiger partial charge in [-0.15, -0.1) is 0 Å². The SMILES string of the molecule is C[C@H]1[C@H](O)CC[C@@H]2[C@]1(C)CC[C@H]1[C@@]2(C)CC[C@@]2(C)[C@H]3CC(C)(C)CC[C@]3(C)CC[C@]12C. The van der Waals surface area contributed by atoms with Crippen LogP contribution < -0.4 is 0 Å². The van der Waals surface area contributed by atoms with Crippen LogP contribution in [0.3, 0.4) is 0 Å². The van der Waals surface area contributed by atoms with Gasteiger partial charge in [0.2, 0.25) is 0 Å². The summed E-state index contributed by atoms with van der Waals surface area (Å²) in [7, 11) is 0. The van der Waals surface area contributed by atoms with Gasteiger partial charge in [-0.3, -0.25) is 0 Å². The number of hydrogen-bond donors (Lipinski definition) is 1. The van der Waals surface area contributed by atoms with E-state index in [1.54, 1.807) is 0 Å². The molecule has 0 unspecified atom stereocenters. The second kappa shape index (κ2) is 6.55. The average molecular weight is 429 g/mol. The van der Waals surface area contributed by atoms with Crippen LogP contribution in [0.25, 0.3) is 0 Å². The molecule has 1 heteroatoms. The summed E-state index contributed by atoms with van der Waals surface area (Å²) in [5.74, 6) is 3.02. The van der Waals surface area contributed by atoms with Gasteiger partial charge in [-0.25, -0.2) is 0 Å². The first kappa shape index (κ1) is 22.7. The Bertz CT molecular complexity index is 741. The molecule has 5 aliphatic carbocycles. The summed E-state index contributed by atoms with van der Waals surface area (Å²) < 4.78 is 0. The number of aliphatic hydroxyl groups is 1. The third kappa shape index (κ3) is 2.77. The number of hydrogen-bond acceptors (Lipinski definition) is 1. The van der Waals surface area contributed by atoms with E-state index in [1.165, 1.54) is 64.2 Å². The van der Waals surface area contributed by atoms with Crippen LogP contribution in [0.15, 0.2) is 0 Å². The minimum Gasteiger partial charge on any atom is -0.393 e. The molecule has 5 fully saturated rings. The molecule has 0 bridgehead atoms. The van der Waals surface area contributed by atoms with Crippen LogP contribution >= 0.6 is 0 Å². The maximum atomic E-state index is 10.7. The zero-order valence-electron chi connectivity index (χ0n) is 22.1. The van der Waals surface area contributed by atoms with Crippen LogP contribution in [0.1, 0.15) is 126 Å². The van der Waals surface area contributed by atoms with Crippen molar-refractivity contribution in [3.63, 3.8) is 0 Å². The predicted octanol–water partition coefficient (Wildman–Crippen LogP) is 8.25. The van der Waals surface area contributed by atoms with Gasteiger partial charge in [0.15, 0.2) is 0 Å². The summed E-state index contributed by atoms with van der Waals surface area (Å²) in [4.78, 5) is 0. The van der Waals surface area contributed by atoms with E-state index in [0.29, 0.717) is 38.4 Å². The van der Waals surface area contributed by atoms with Crippen molar-refractivity contribution in [2.75, 3.05) is 0 Å². The third-order valence-corrected chi connectivity index (χ3v) is 13.9. The van der Waals surface area contributed by atoms with Gasteiger partial charge in [0, 0.05) is 0 Å². The quantitative estimate of drug-likeness (QED) is 0.412. The van der Waals surface area contributed by atoms with E-state index in [0.717, 1.165) is 24.2 Å². The van der Waals surface area contributed by atoms with Gasteiger partial charge in [-0.05, 0) is 127 Å². The molecule has 0 spiro atoms. The fourth-order valence-electron chi connectivity index (χ4n) is 11.4. The minimum atomic E-state index is -0.0781. The number of aliphatic hydroxyl groups excluding tert-OH is 1. The smallest absolute Gasteiger partial charge is 0.0571 e. The largest absolute Gasteiger partial charge is 0.393 e. The average Bonchev–Trinajstić information content (AvgIpc) is 2.69. The Morgan fingerprint density at radius 2 is 1.19 bits per heavy atom. The summed E-state index contributed by atoms with van der Waals surface area (Å²) in [5, 5.41) is 10.7. The Morgan fingerprint density at radius 3 is 1.90 bits per heavy atom. The van der Waals surface area contributed by atoms with Crippen molar-refractivity contribution < 1.29 is 5.11 Å². The third-order valence-electron chi connectivity index (χ3n) is 13.9. The molecule has 0 saturated heterocycles. The number of fused-ring (bicyclic) bond motifs is 7. The molecule has 0 radical (unpaired) electrons. The Labute approximate surface area is 193 Å². The molecule has 10 atom stereocenters. The Hall–Kier alpha value is -0.0400. The summed E-state index contributed by atoms with van der Waals surface area (Å²) in [5.41, 5.74) is 2.88. The molecule has 5 saturated carbocycles. The zero-order valence-corrected chi connectivity index (χ0v) is 22.1. The fourth-order valence-corrected chi connectivity index (χ4v) is 11.4. The van der Waals surface area contributed by atoms with Crippen LogP contribution in [0, 0.1) is 56.2 Å². The maximum absolute atomic E-state index is 10.7. The summed E-state index contributed by atoms with van der Waals surface area (Å²) in [6, 6.07) is 0. The molecular weight excluding hydrogens is 376 g/mol. The minimum absolute atomic E-state index is 0.0781. The monoisotopic (exact) mass is 428 g/mol. The summed E-state index contributed by atoms with van der Waals surface area (Å²) in [6.07, 6.45) is 15.1. The molecule has 178 valence electrons. The van der Waals surface area contributed by atoms with Gasteiger partial charge < -0.3 is 5.11 Å². The van der Waals surface area contributed by atoms with Crippen LogP contribution in [0.2, 0.25) is 0 Å². The fraction of sp³-hybridized carbons (Fsp3) is 1.00. The van der Waals surface area contributed by atoms with Crippen molar-refractivity contribution in [2.45, 2.75) is 132 Å². The lowest BCUT2D eigenvalue weighted by molar-refractivity contribution is -0.263. The highest BCUT2D eigenvalue weighted by molar-refractivity contribution is 5.19. The van der Waals surface area contributed by atoms with Crippen molar-refractivity contribution in [3.8, 4) is 0 Å². The normalized spacial score (nSPS) is 60.9. The molecule has 0 aromatic heterocycles. The van der Waals surface area contributed by atoms with Gasteiger partial charge in [0.1, 0.15) is 0 Å². The van der Waals surface area contributed by atoms with E-state index in [1.807, 2.05) is 0 Å². The maximum Gasteiger partial charge on any atom is 0.0571 e. The van der Waals surface area contributed by atoms with Crippen molar-refractivity contribution >= 4 is 0 Å². The topological polar surface area (TPSA) is 20.2 Å². The Kier molecular flexibility index (Phi) is 4.80. The van der Waals surface area contributed by atoms with Crippen LogP contribution in [-0.2, 0) is 0 Å². The van der Waals surface area contributed by atoms with E-state index in [9.17, 15) is 5.11 Å². The first-order valence-electron chi connectivity index (χ1n) is 13.9. The van der Waals surface area contributed by atoms with E-state index in [2.05, 4.69) is 55.4 Å². The Balaban J connectivity index is 1.54. The van der Waals surface area contributed by atoms with Gasteiger partial charge in [0.25, 0.3) is 0 Å². The van der Waals surface area contributed by atoms with Crippen LogP contribution in [0.4, 0.5) is 0 Å². The van der Waals surface area contributed by atoms with E-state index in [-0.39, 0.29) is 6.10 Å². The first-order valence-corrected chi connectivity index (χ1v) is 13.9. The molecule has 0 aromatic rings. The highest BCUT2D eigenvalue weighted by atomic mass is 16.3. The van der Waals surface area contributed by atoms with E-state index < -0.39 is 0 Å². The van der Waals surface area contributed by atoms with E-state index >= 15 is 0 Å². The lowest BCUT2D eigenvalue weighted by Crippen LogP contribution is -2.67. The lowest BCUT2D eigenvalue weighted by atomic mass is 9.30. The molecule has 0 amide bonds. The first-order chi connectivity index (χ1) is 14.2. The lowest BCUT2D eigenvalue weighted by Gasteiger charge is -2.75. The highest BCUT2D eigenvalue weighted by Crippen LogP contribution is 2.78.